The molecule has 0 spiro atoms. The number of aromatic nitrogens is 4. The first-order chi connectivity index (χ1) is 15.6. The van der Waals surface area contributed by atoms with E-state index in [4.69, 9.17) is 4.98 Å². The lowest BCUT2D eigenvalue weighted by atomic mass is 9.78. The van der Waals surface area contributed by atoms with E-state index in [1.54, 1.807) is 0 Å². The van der Waals surface area contributed by atoms with Gasteiger partial charge in [0, 0.05) is 47.6 Å². The number of aryl methyl sites for hydroxylation is 1. The Morgan fingerprint density at radius 1 is 1.03 bits per heavy atom. The van der Waals surface area contributed by atoms with Gasteiger partial charge in [0.25, 0.3) is 0 Å². The third kappa shape index (κ3) is 3.44. The minimum atomic E-state index is 0.391. The third-order valence-corrected chi connectivity index (χ3v) is 7.91. The maximum atomic E-state index is 5.30. The highest BCUT2D eigenvalue weighted by atomic mass is 15.0. The van der Waals surface area contributed by atoms with Crippen LogP contribution in [0.2, 0.25) is 0 Å². The van der Waals surface area contributed by atoms with Crippen LogP contribution in [0.1, 0.15) is 81.9 Å². The number of rotatable bonds is 5. The lowest BCUT2D eigenvalue weighted by molar-refractivity contribution is 0.297. The molecule has 4 aromatic heterocycles. The highest BCUT2D eigenvalue weighted by molar-refractivity contribution is 5.98. The summed E-state index contributed by atoms with van der Waals surface area (Å²) >= 11 is 0. The van der Waals surface area contributed by atoms with Crippen molar-refractivity contribution in [3.8, 4) is 11.3 Å². The van der Waals surface area contributed by atoms with Crippen molar-refractivity contribution in [1.29, 1.82) is 0 Å². The quantitative estimate of drug-likeness (QED) is 0.363. The first-order valence-corrected chi connectivity index (χ1v) is 12.5. The van der Waals surface area contributed by atoms with Gasteiger partial charge in [-0.05, 0) is 74.1 Å². The second-order valence-corrected chi connectivity index (χ2v) is 10.6. The van der Waals surface area contributed by atoms with Gasteiger partial charge in [0.2, 0.25) is 0 Å². The molecule has 2 saturated carbocycles. The van der Waals surface area contributed by atoms with Gasteiger partial charge in [-0.15, -0.1) is 0 Å². The molecule has 0 atom stereocenters. The van der Waals surface area contributed by atoms with E-state index in [1.165, 1.54) is 72.8 Å². The molecule has 0 aliphatic heterocycles. The predicted octanol–water partition coefficient (Wildman–Crippen LogP) is 7.31. The Hall–Kier alpha value is -2.62. The molecule has 32 heavy (non-hydrogen) atoms. The van der Waals surface area contributed by atoms with E-state index in [0.29, 0.717) is 11.8 Å². The number of aromatic amines is 1. The lowest BCUT2D eigenvalue weighted by Gasteiger charge is -2.28. The summed E-state index contributed by atoms with van der Waals surface area (Å²) < 4.78 is 2.12. The molecule has 0 aromatic carbocycles. The molecule has 166 valence electrons. The minimum Gasteiger partial charge on any atom is -0.353 e. The number of nitrogens with one attached hydrogen (secondary N) is 1. The summed E-state index contributed by atoms with van der Waals surface area (Å²) in [7, 11) is 2.08. The zero-order valence-electron chi connectivity index (χ0n) is 19.6. The fourth-order valence-electron chi connectivity index (χ4n) is 6.03. The number of H-pyrrole nitrogens is 1. The maximum Gasteiger partial charge on any atom is 0.140 e. The van der Waals surface area contributed by atoms with E-state index in [1.807, 2.05) is 12.3 Å². The SMILES string of the molecule is CC(C)c1c(-c2cn(C)c3ncccc23)[nH]c2ccc(C3CCC(CC4CC4)CC3)nc12. The second kappa shape index (κ2) is 7.75. The fraction of sp³-hybridized carbons (Fsp3) is 0.500. The molecule has 4 nitrogen and oxygen atoms in total. The molecule has 2 fully saturated rings. The Morgan fingerprint density at radius 3 is 2.50 bits per heavy atom. The van der Waals surface area contributed by atoms with Crippen LogP contribution in [-0.2, 0) is 7.05 Å². The smallest absolute Gasteiger partial charge is 0.140 e. The highest BCUT2D eigenvalue weighted by Crippen LogP contribution is 2.44. The molecular weight excluding hydrogens is 392 g/mol. The van der Waals surface area contributed by atoms with E-state index in [2.05, 4.69) is 59.8 Å². The zero-order chi connectivity index (χ0) is 21.8. The first kappa shape index (κ1) is 20.0. The summed E-state index contributed by atoms with van der Waals surface area (Å²) in [4.78, 5) is 13.6. The van der Waals surface area contributed by atoms with E-state index in [9.17, 15) is 0 Å². The molecule has 2 aliphatic carbocycles. The van der Waals surface area contributed by atoms with Gasteiger partial charge >= 0.3 is 0 Å². The number of hydrogen-bond acceptors (Lipinski definition) is 2. The summed E-state index contributed by atoms with van der Waals surface area (Å²) in [5, 5.41) is 1.19. The van der Waals surface area contributed by atoms with Gasteiger partial charge in [-0.3, -0.25) is 4.98 Å². The standard InChI is InChI=1S/C28H34N4/c1-17(2)25-26(22-16-32(3)28-21(22)5-4-14-29-28)31-24-13-12-23(30-27(24)25)20-10-8-19(9-11-20)15-18-6-7-18/h4-5,12-14,16-20,31H,6-11,15H2,1-3H3. The molecule has 4 heteroatoms. The molecule has 6 rings (SSSR count). The van der Waals surface area contributed by atoms with Crippen LogP contribution in [0.25, 0.3) is 33.3 Å². The Kier molecular flexibility index (Phi) is 4.85. The van der Waals surface area contributed by atoms with Gasteiger partial charge in [-0.25, -0.2) is 4.98 Å². The van der Waals surface area contributed by atoms with Crippen LogP contribution in [0, 0.1) is 11.8 Å². The molecular formula is C28H34N4. The average Bonchev–Trinajstić information content (AvgIpc) is 3.44. The largest absolute Gasteiger partial charge is 0.353 e. The summed E-state index contributed by atoms with van der Waals surface area (Å²) in [5.41, 5.74) is 8.39. The Balaban J connectivity index is 1.38. The highest BCUT2D eigenvalue weighted by Gasteiger charge is 2.30. The van der Waals surface area contributed by atoms with Crippen molar-refractivity contribution in [2.45, 2.75) is 70.6 Å². The van der Waals surface area contributed by atoms with Gasteiger partial charge in [-0.2, -0.15) is 0 Å². The van der Waals surface area contributed by atoms with E-state index in [0.717, 1.165) is 28.5 Å². The van der Waals surface area contributed by atoms with Gasteiger partial charge in [0.05, 0.1) is 16.7 Å². The van der Waals surface area contributed by atoms with Gasteiger partial charge in [-0.1, -0.05) is 26.7 Å². The maximum absolute atomic E-state index is 5.30. The van der Waals surface area contributed by atoms with E-state index >= 15 is 0 Å². The van der Waals surface area contributed by atoms with Crippen molar-refractivity contribution in [2.75, 3.05) is 0 Å². The lowest BCUT2D eigenvalue weighted by Crippen LogP contribution is -2.14. The molecule has 0 saturated heterocycles. The van der Waals surface area contributed by atoms with Crippen LogP contribution in [0.15, 0.2) is 36.7 Å². The Morgan fingerprint density at radius 2 is 1.78 bits per heavy atom. The Labute approximate surface area is 190 Å². The third-order valence-electron chi connectivity index (χ3n) is 7.91. The molecule has 0 radical (unpaired) electrons. The summed E-state index contributed by atoms with van der Waals surface area (Å²) in [6, 6.07) is 8.75. The molecule has 1 N–H and O–H groups in total. The zero-order valence-corrected chi connectivity index (χ0v) is 19.6. The van der Waals surface area contributed by atoms with Gasteiger partial charge < -0.3 is 9.55 Å². The monoisotopic (exact) mass is 426 g/mol. The topological polar surface area (TPSA) is 46.5 Å². The summed E-state index contributed by atoms with van der Waals surface area (Å²) in [5.74, 6) is 3.03. The second-order valence-electron chi connectivity index (χ2n) is 10.6. The number of pyridine rings is 2. The predicted molar refractivity (Wildman–Crippen MR) is 132 cm³/mol. The van der Waals surface area contributed by atoms with Crippen molar-refractivity contribution in [2.24, 2.45) is 18.9 Å². The normalized spacial score (nSPS) is 21.8. The minimum absolute atomic E-state index is 0.391. The molecule has 0 bridgehead atoms. The number of hydrogen-bond donors (Lipinski definition) is 1. The van der Waals surface area contributed by atoms with Crippen molar-refractivity contribution in [3.05, 3.63) is 47.9 Å². The molecule has 4 heterocycles. The van der Waals surface area contributed by atoms with Crippen LogP contribution in [-0.4, -0.2) is 19.5 Å². The van der Waals surface area contributed by atoms with Crippen molar-refractivity contribution in [3.63, 3.8) is 0 Å². The van der Waals surface area contributed by atoms with E-state index in [-0.39, 0.29) is 0 Å². The van der Waals surface area contributed by atoms with Crippen LogP contribution < -0.4 is 0 Å². The van der Waals surface area contributed by atoms with Gasteiger partial charge in [0.1, 0.15) is 5.65 Å². The van der Waals surface area contributed by atoms with Crippen LogP contribution in [0.4, 0.5) is 0 Å². The molecule has 4 aromatic rings. The van der Waals surface area contributed by atoms with Crippen molar-refractivity contribution in [1.82, 2.24) is 19.5 Å². The van der Waals surface area contributed by atoms with E-state index < -0.39 is 0 Å². The fourth-order valence-corrected chi connectivity index (χ4v) is 6.03. The van der Waals surface area contributed by atoms with Crippen molar-refractivity contribution < 1.29 is 0 Å². The summed E-state index contributed by atoms with van der Waals surface area (Å²) in [6.45, 7) is 4.57. The molecule has 0 unspecified atom stereocenters. The molecule has 0 amide bonds. The first-order valence-electron chi connectivity index (χ1n) is 12.5. The Bertz CT molecular complexity index is 1270. The number of nitrogens with zero attached hydrogens (tertiary/aromatic N) is 3. The van der Waals surface area contributed by atoms with Crippen LogP contribution in [0.3, 0.4) is 0 Å². The number of fused-ring (bicyclic) bond motifs is 2. The van der Waals surface area contributed by atoms with Crippen LogP contribution in [0.5, 0.6) is 0 Å². The van der Waals surface area contributed by atoms with Crippen LogP contribution >= 0.6 is 0 Å². The van der Waals surface area contributed by atoms with Gasteiger partial charge in [0.15, 0.2) is 0 Å². The summed E-state index contributed by atoms with van der Waals surface area (Å²) in [6.07, 6.45) is 13.9. The average molecular weight is 427 g/mol. The molecule has 2 aliphatic rings. The van der Waals surface area contributed by atoms with Crippen molar-refractivity contribution >= 4 is 22.1 Å².